The maximum absolute atomic E-state index is 4.82. The third-order valence-electron chi connectivity index (χ3n) is 4.10. The number of halogens is 1. The lowest BCUT2D eigenvalue weighted by atomic mass is 10.0. The highest BCUT2D eigenvalue weighted by Gasteiger charge is 2.19. The van der Waals surface area contributed by atoms with Gasteiger partial charge in [-0.05, 0) is 30.5 Å². The Balaban J connectivity index is 1.86. The summed E-state index contributed by atoms with van der Waals surface area (Å²) in [5.74, 6) is 2.45. The summed E-state index contributed by atoms with van der Waals surface area (Å²) in [6, 6.07) is 10.5. The Morgan fingerprint density at radius 3 is 2.52 bits per heavy atom. The molecule has 1 aromatic carbocycles. The first-order valence-corrected chi connectivity index (χ1v) is 8.34. The summed E-state index contributed by atoms with van der Waals surface area (Å²) >= 11 is 3.47. The van der Waals surface area contributed by atoms with Crippen molar-refractivity contribution in [3.63, 3.8) is 0 Å². The zero-order valence-corrected chi connectivity index (χ0v) is 13.9. The van der Waals surface area contributed by atoms with Crippen molar-refractivity contribution in [3.8, 4) is 0 Å². The second-order valence-corrected chi connectivity index (χ2v) is 6.54. The Morgan fingerprint density at radius 2 is 1.86 bits per heavy atom. The monoisotopic (exact) mass is 345 g/mol. The SMILES string of the molecule is CNc1cc(C2CCCC2)nc(Cc2ccc(Br)cc2)n1. The predicted molar refractivity (Wildman–Crippen MR) is 89.7 cm³/mol. The molecule has 3 nitrogen and oxygen atoms in total. The Hall–Kier alpha value is -1.42. The molecule has 1 aliphatic rings. The molecule has 0 unspecified atom stereocenters. The zero-order chi connectivity index (χ0) is 14.7. The summed E-state index contributed by atoms with van der Waals surface area (Å²) in [4.78, 5) is 9.43. The lowest BCUT2D eigenvalue weighted by molar-refractivity contribution is 0.686. The Bertz CT molecular complexity index is 604. The van der Waals surface area contributed by atoms with Crippen LogP contribution in [0.25, 0.3) is 0 Å². The van der Waals surface area contributed by atoms with E-state index in [4.69, 9.17) is 4.98 Å². The number of nitrogens with one attached hydrogen (secondary N) is 1. The zero-order valence-electron chi connectivity index (χ0n) is 12.3. The van der Waals surface area contributed by atoms with Gasteiger partial charge in [0.25, 0.3) is 0 Å². The van der Waals surface area contributed by atoms with Crippen molar-refractivity contribution in [2.24, 2.45) is 0 Å². The second kappa shape index (κ2) is 6.56. The van der Waals surface area contributed by atoms with E-state index in [1.54, 1.807) is 0 Å². The first kappa shape index (κ1) is 14.5. The van der Waals surface area contributed by atoms with Crippen LogP contribution in [0.1, 0.15) is 48.7 Å². The fraction of sp³-hybridized carbons (Fsp3) is 0.412. The van der Waals surface area contributed by atoms with Gasteiger partial charge < -0.3 is 5.32 Å². The minimum Gasteiger partial charge on any atom is -0.373 e. The quantitative estimate of drug-likeness (QED) is 0.884. The lowest BCUT2D eigenvalue weighted by Crippen LogP contribution is -2.06. The molecule has 1 aromatic heterocycles. The maximum Gasteiger partial charge on any atom is 0.135 e. The normalized spacial score (nSPS) is 15.3. The van der Waals surface area contributed by atoms with E-state index in [-0.39, 0.29) is 0 Å². The van der Waals surface area contributed by atoms with Gasteiger partial charge in [0.1, 0.15) is 11.6 Å². The molecule has 0 bridgehead atoms. The summed E-state index contributed by atoms with van der Waals surface area (Å²) in [6.45, 7) is 0. The Kier molecular flexibility index (Phi) is 4.54. The number of hydrogen-bond donors (Lipinski definition) is 1. The summed E-state index contributed by atoms with van der Waals surface area (Å²) in [5.41, 5.74) is 2.45. The third-order valence-corrected chi connectivity index (χ3v) is 4.63. The molecular weight excluding hydrogens is 326 g/mol. The molecule has 1 heterocycles. The summed E-state index contributed by atoms with van der Waals surface area (Å²) in [7, 11) is 1.92. The van der Waals surface area contributed by atoms with Crippen LogP contribution in [-0.2, 0) is 6.42 Å². The molecule has 2 aromatic rings. The first-order chi connectivity index (χ1) is 10.2. The van der Waals surface area contributed by atoms with Gasteiger partial charge in [-0.3, -0.25) is 0 Å². The maximum atomic E-state index is 4.82. The van der Waals surface area contributed by atoms with Crippen molar-refractivity contribution in [1.29, 1.82) is 0 Å². The van der Waals surface area contributed by atoms with Crippen LogP contribution in [-0.4, -0.2) is 17.0 Å². The molecule has 0 spiro atoms. The standard InChI is InChI=1S/C17H20BrN3/c1-19-16-11-15(13-4-2-3-5-13)20-17(21-16)10-12-6-8-14(18)9-7-12/h6-9,11,13H,2-5,10H2,1H3,(H,19,20,21). The molecule has 1 aliphatic carbocycles. The lowest BCUT2D eigenvalue weighted by Gasteiger charge is -2.12. The minimum atomic E-state index is 0.615. The molecule has 1 fully saturated rings. The van der Waals surface area contributed by atoms with Crippen LogP contribution in [0.3, 0.4) is 0 Å². The van der Waals surface area contributed by atoms with Crippen molar-refractivity contribution in [3.05, 3.63) is 51.9 Å². The van der Waals surface area contributed by atoms with E-state index in [1.807, 2.05) is 7.05 Å². The molecule has 0 atom stereocenters. The van der Waals surface area contributed by atoms with Crippen LogP contribution >= 0.6 is 15.9 Å². The molecule has 0 amide bonds. The van der Waals surface area contributed by atoms with Crippen LogP contribution in [0.4, 0.5) is 5.82 Å². The Morgan fingerprint density at radius 1 is 1.14 bits per heavy atom. The van der Waals surface area contributed by atoms with E-state index < -0.39 is 0 Å². The highest BCUT2D eigenvalue weighted by Crippen LogP contribution is 2.33. The van der Waals surface area contributed by atoms with Gasteiger partial charge in [-0.2, -0.15) is 0 Å². The molecule has 4 heteroatoms. The molecule has 1 N–H and O–H groups in total. The van der Waals surface area contributed by atoms with Crippen LogP contribution in [0, 0.1) is 0 Å². The largest absolute Gasteiger partial charge is 0.373 e. The van der Waals surface area contributed by atoms with Gasteiger partial charge in [0.15, 0.2) is 0 Å². The van der Waals surface area contributed by atoms with E-state index in [0.29, 0.717) is 5.92 Å². The van der Waals surface area contributed by atoms with Gasteiger partial charge in [0, 0.05) is 35.6 Å². The van der Waals surface area contributed by atoms with E-state index in [9.17, 15) is 0 Å². The van der Waals surface area contributed by atoms with Crippen LogP contribution < -0.4 is 5.32 Å². The summed E-state index contributed by atoms with van der Waals surface area (Å²) < 4.78 is 1.10. The van der Waals surface area contributed by atoms with Crippen molar-refractivity contribution in [2.45, 2.75) is 38.0 Å². The molecule has 110 valence electrons. The summed E-state index contributed by atoms with van der Waals surface area (Å²) in [6.07, 6.45) is 5.95. The average Bonchev–Trinajstić information content (AvgIpc) is 3.04. The predicted octanol–water partition coefficient (Wildman–Crippen LogP) is 4.53. The number of hydrogen-bond acceptors (Lipinski definition) is 3. The minimum absolute atomic E-state index is 0.615. The smallest absolute Gasteiger partial charge is 0.135 e. The Labute approximate surface area is 134 Å². The molecular formula is C17H20BrN3. The fourth-order valence-corrected chi connectivity index (χ4v) is 3.20. The van der Waals surface area contributed by atoms with Crippen LogP contribution in [0.2, 0.25) is 0 Å². The van der Waals surface area contributed by atoms with Gasteiger partial charge in [0.05, 0.1) is 0 Å². The highest BCUT2D eigenvalue weighted by molar-refractivity contribution is 9.10. The average molecular weight is 346 g/mol. The van der Waals surface area contributed by atoms with Crippen LogP contribution in [0.15, 0.2) is 34.8 Å². The van der Waals surface area contributed by atoms with Crippen molar-refractivity contribution in [2.75, 3.05) is 12.4 Å². The van der Waals surface area contributed by atoms with E-state index in [0.717, 1.165) is 22.5 Å². The second-order valence-electron chi connectivity index (χ2n) is 5.63. The highest BCUT2D eigenvalue weighted by atomic mass is 79.9. The number of benzene rings is 1. The molecule has 0 radical (unpaired) electrons. The third kappa shape index (κ3) is 3.62. The van der Waals surface area contributed by atoms with Crippen molar-refractivity contribution in [1.82, 2.24) is 9.97 Å². The number of nitrogens with zero attached hydrogens (tertiary/aromatic N) is 2. The van der Waals surface area contributed by atoms with Gasteiger partial charge in [-0.15, -0.1) is 0 Å². The number of anilines is 1. The molecule has 0 saturated heterocycles. The van der Waals surface area contributed by atoms with Crippen LogP contribution in [0.5, 0.6) is 0 Å². The number of rotatable bonds is 4. The van der Waals surface area contributed by atoms with E-state index in [1.165, 1.54) is 36.9 Å². The molecule has 3 rings (SSSR count). The fourth-order valence-electron chi connectivity index (χ4n) is 2.94. The van der Waals surface area contributed by atoms with Gasteiger partial charge in [0.2, 0.25) is 0 Å². The van der Waals surface area contributed by atoms with Gasteiger partial charge in [-0.25, -0.2) is 9.97 Å². The van der Waals surface area contributed by atoms with E-state index >= 15 is 0 Å². The molecule has 21 heavy (non-hydrogen) atoms. The van der Waals surface area contributed by atoms with Gasteiger partial charge >= 0.3 is 0 Å². The van der Waals surface area contributed by atoms with Crippen molar-refractivity contribution >= 4 is 21.7 Å². The number of aromatic nitrogens is 2. The molecule has 0 aliphatic heterocycles. The molecule has 1 saturated carbocycles. The summed E-state index contributed by atoms with van der Waals surface area (Å²) in [5, 5.41) is 3.17. The van der Waals surface area contributed by atoms with Gasteiger partial charge in [-0.1, -0.05) is 40.9 Å². The van der Waals surface area contributed by atoms with E-state index in [2.05, 4.69) is 56.6 Å². The first-order valence-electron chi connectivity index (χ1n) is 7.54. The topological polar surface area (TPSA) is 37.8 Å². The van der Waals surface area contributed by atoms with Crippen molar-refractivity contribution < 1.29 is 0 Å².